The van der Waals surface area contributed by atoms with Crippen LogP contribution < -0.4 is 10.6 Å². The Kier molecular flexibility index (Phi) is 7.51. The summed E-state index contributed by atoms with van der Waals surface area (Å²) in [6, 6.07) is 35.2. The molecule has 0 saturated carbocycles. The van der Waals surface area contributed by atoms with E-state index in [-0.39, 0.29) is 24.2 Å². The molecule has 0 aliphatic rings. The van der Waals surface area contributed by atoms with Crippen LogP contribution in [0.15, 0.2) is 109 Å². The van der Waals surface area contributed by atoms with Crippen LogP contribution in [0.5, 0.6) is 0 Å². The number of anilines is 1. The number of hydrogen-bond acceptors (Lipinski definition) is 2. The zero-order chi connectivity index (χ0) is 23.8. The molecule has 0 saturated heterocycles. The number of benzene rings is 4. The zero-order valence-corrected chi connectivity index (χ0v) is 19.2. The first-order valence-corrected chi connectivity index (χ1v) is 11.4. The minimum atomic E-state index is -0.223. The van der Waals surface area contributed by atoms with E-state index < -0.39 is 0 Å². The Balaban J connectivity index is 1.47. The van der Waals surface area contributed by atoms with E-state index in [9.17, 15) is 9.59 Å². The fourth-order valence-electron chi connectivity index (χ4n) is 3.96. The number of para-hydroxylation sites is 1. The predicted octanol–water partition coefficient (Wildman–Crippen LogP) is 6.09. The van der Waals surface area contributed by atoms with Gasteiger partial charge in [0, 0.05) is 18.9 Å². The Labute approximate surface area is 200 Å². The Morgan fingerprint density at radius 1 is 0.706 bits per heavy atom. The van der Waals surface area contributed by atoms with Crippen molar-refractivity contribution >= 4 is 17.5 Å². The van der Waals surface area contributed by atoms with E-state index in [1.807, 2.05) is 97.9 Å². The van der Waals surface area contributed by atoms with E-state index in [2.05, 4.69) is 10.6 Å². The molecule has 0 bridgehead atoms. The summed E-state index contributed by atoms with van der Waals surface area (Å²) in [7, 11) is 0. The van der Waals surface area contributed by atoms with Gasteiger partial charge in [-0.2, -0.15) is 0 Å². The maximum atomic E-state index is 13.1. The van der Waals surface area contributed by atoms with Crippen molar-refractivity contribution in [3.63, 3.8) is 0 Å². The van der Waals surface area contributed by atoms with Crippen LogP contribution in [0, 0.1) is 6.92 Å². The average molecular weight is 449 g/mol. The summed E-state index contributed by atoms with van der Waals surface area (Å²) in [5, 5.41) is 5.92. The van der Waals surface area contributed by atoms with E-state index in [0.717, 1.165) is 16.7 Å². The second kappa shape index (κ2) is 11.1. The average Bonchev–Trinajstić information content (AvgIpc) is 2.88. The Hall–Kier alpha value is -4.18. The largest absolute Gasteiger partial charge is 0.348 e. The van der Waals surface area contributed by atoms with E-state index in [0.29, 0.717) is 17.8 Å². The molecule has 0 heterocycles. The van der Waals surface area contributed by atoms with Gasteiger partial charge in [0.1, 0.15) is 0 Å². The van der Waals surface area contributed by atoms with Crippen LogP contribution in [0.2, 0.25) is 0 Å². The van der Waals surface area contributed by atoms with Gasteiger partial charge >= 0.3 is 0 Å². The topological polar surface area (TPSA) is 58.2 Å². The van der Waals surface area contributed by atoms with Crippen molar-refractivity contribution < 1.29 is 9.59 Å². The molecule has 2 N–H and O–H groups in total. The van der Waals surface area contributed by atoms with Gasteiger partial charge < -0.3 is 10.6 Å². The molecule has 0 fully saturated rings. The van der Waals surface area contributed by atoms with Crippen molar-refractivity contribution in [1.82, 2.24) is 5.32 Å². The van der Waals surface area contributed by atoms with Crippen LogP contribution in [0.3, 0.4) is 0 Å². The molecule has 0 aliphatic carbocycles. The highest BCUT2D eigenvalue weighted by Crippen LogP contribution is 2.28. The van der Waals surface area contributed by atoms with Crippen LogP contribution in [0.4, 0.5) is 5.69 Å². The Bertz CT molecular complexity index is 1200. The van der Waals surface area contributed by atoms with Crippen LogP contribution in [0.1, 0.15) is 45.0 Å². The first-order valence-electron chi connectivity index (χ1n) is 11.4. The molecular weight excluding hydrogens is 420 g/mol. The first kappa shape index (κ1) is 23.0. The van der Waals surface area contributed by atoms with Crippen LogP contribution in [-0.4, -0.2) is 11.8 Å². The molecule has 4 aromatic rings. The smallest absolute Gasteiger partial charge is 0.253 e. The van der Waals surface area contributed by atoms with Gasteiger partial charge in [-0.1, -0.05) is 103 Å². The van der Waals surface area contributed by atoms with Crippen LogP contribution >= 0.6 is 0 Å². The molecule has 34 heavy (non-hydrogen) atoms. The zero-order valence-electron chi connectivity index (χ0n) is 19.2. The predicted molar refractivity (Wildman–Crippen MR) is 137 cm³/mol. The summed E-state index contributed by atoms with van der Waals surface area (Å²) < 4.78 is 0. The maximum Gasteiger partial charge on any atom is 0.253 e. The van der Waals surface area contributed by atoms with Gasteiger partial charge in [0.05, 0.1) is 11.3 Å². The lowest BCUT2D eigenvalue weighted by Gasteiger charge is -2.18. The van der Waals surface area contributed by atoms with Gasteiger partial charge in [-0.3, -0.25) is 9.59 Å². The Morgan fingerprint density at radius 2 is 1.26 bits per heavy atom. The van der Waals surface area contributed by atoms with Gasteiger partial charge in [-0.25, -0.2) is 0 Å². The van der Waals surface area contributed by atoms with Crippen molar-refractivity contribution in [2.24, 2.45) is 0 Å². The SMILES string of the molecule is Cc1ccc(CNC(=O)c2ccccc2NC(=O)CC(c2ccccc2)c2ccccc2)cc1. The number of carbonyl (C=O) groups excluding carboxylic acids is 2. The van der Waals surface area contributed by atoms with Crippen LogP contribution in [0.25, 0.3) is 0 Å². The van der Waals surface area contributed by atoms with Gasteiger partial charge in [0.2, 0.25) is 5.91 Å². The van der Waals surface area contributed by atoms with E-state index in [1.54, 1.807) is 18.2 Å². The van der Waals surface area contributed by atoms with Gasteiger partial charge in [-0.05, 0) is 35.7 Å². The minimum Gasteiger partial charge on any atom is -0.348 e. The Morgan fingerprint density at radius 3 is 1.88 bits per heavy atom. The molecule has 4 aromatic carbocycles. The third-order valence-electron chi connectivity index (χ3n) is 5.81. The molecule has 0 aliphatic heterocycles. The number of rotatable bonds is 8. The van der Waals surface area contributed by atoms with Crippen molar-refractivity contribution in [2.75, 3.05) is 5.32 Å². The summed E-state index contributed by atoms with van der Waals surface area (Å²) >= 11 is 0. The number of aryl methyl sites for hydroxylation is 1. The number of carbonyl (C=O) groups is 2. The highest BCUT2D eigenvalue weighted by atomic mass is 16.2. The minimum absolute atomic E-state index is 0.0788. The van der Waals surface area contributed by atoms with Crippen molar-refractivity contribution in [3.8, 4) is 0 Å². The summed E-state index contributed by atoms with van der Waals surface area (Å²) in [6.07, 6.45) is 0.271. The fourth-order valence-corrected chi connectivity index (χ4v) is 3.96. The van der Waals surface area contributed by atoms with E-state index >= 15 is 0 Å². The molecular formula is C30H28N2O2. The second-order valence-electron chi connectivity index (χ2n) is 8.34. The highest BCUT2D eigenvalue weighted by molar-refractivity contribution is 6.03. The number of amides is 2. The molecule has 4 nitrogen and oxygen atoms in total. The van der Waals surface area contributed by atoms with Crippen LogP contribution in [-0.2, 0) is 11.3 Å². The van der Waals surface area contributed by atoms with E-state index in [1.165, 1.54) is 5.56 Å². The normalized spacial score (nSPS) is 10.6. The first-order chi connectivity index (χ1) is 16.6. The fraction of sp³-hybridized carbons (Fsp3) is 0.133. The molecule has 4 rings (SSSR count). The quantitative estimate of drug-likeness (QED) is 0.343. The molecule has 0 atom stereocenters. The third-order valence-corrected chi connectivity index (χ3v) is 5.81. The van der Waals surface area contributed by atoms with Gasteiger partial charge in [-0.15, -0.1) is 0 Å². The standard InChI is InChI=1S/C30H28N2O2/c1-22-16-18-23(19-17-22)21-31-30(34)26-14-8-9-15-28(26)32-29(33)20-27(24-10-4-2-5-11-24)25-12-6-3-7-13-25/h2-19,27H,20-21H2,1H3,(H,31,34)(H,32,33). The lowest BCUT2D eigenvalue weighted by Crippen LogP contribution is -2.25. The molecule has 0 aromatic heterocycles. The van der Waals surface area contributed by atoms with Crippen molar-refractivity contribution in [1.29, 1.82) is 0 Å². The molecule has 0 unspecified atom stereocenters. The molecule has 4 heteroatoms. The summed E-state index contributed by atoms with van der Waals surface area (Å²) in [5.74, 6) is -0.444. The lowest BCUT2D eigenvalue weighted by atomic mass is 9.88. The molecule has 0 radical (unpaired) electrons. The van der Waals surface area contributed by atoms with Gasteiger partial charge in [0.15, 0.2) is 0 Å². The van der Waals surface area contributed by atoms with Crippen molar-refractivity contribution in [2.45, 2.75) is 25.8 Å². The maximum absolute atomic E-state index is 13.1. The summed E-state index contributed by atoms with van der Waals surface area (Å²) in [5.41, 5.74) is 5.30. The van der Waals surface area contributed by atoms with Crippen molar-refractivity contribution in [3.05, 3.63) is 137 Å². The number of nitrogens with one attached hydrogen (secondary N) is 2. The second-order valence-corrected chi connectivity index (χ2v) is 8.34. The summed E-state index contributed by atoms with van der Waals surface area (Å²) in [6.45, 7) is 2.45. The third kappa shape index (κ3) is 5.99. The van der Waals surface area contributed by atoms with E-state index in [4.69, 9.17) is 0 Å². The molecule has 2 amide bonds. The number of hydrogen-bond donors (Lipinski definition) is 2. The highest BCUT2D eigenvalue weighted by Gasteiger charge is 2.20. The lowest BCUT2D eigenvalue weighted by molar-refractivity contribution is -0.116. The molecule has 0 spiro atoms. The monoisotopic (exact) mass is 448 g/mol. The van der Waals surface area contributed by atoms with Gasteiger partial charge in [0.25, 0.3) is 5.91 Å². The summed E-state index contributed by atoms with van der Waals surface area (Å²) in [4.78, 5) is 26.0. The molecule has 170 valence electrons.